The molecule has 0 aromatic heterocycles. The predicted molar refractivity (Wildman–Crippen MR) is 79.4 cm³/mol. The minimum atomic E-state index is -1.16. The number of hydrogen-bond donors (Lipinski definition) is 0. The van der Waals surface area contributed by atoms with E-state index in [1.165, 1.54) is 0 Å². The van der Waals surface area contributed by atoms with E-state index in [1.807, 2.05) is 13.8 Å². The number of benzene rings is 1. The van der Waals surface area contributed by atoms with Gasteiger partial charge in [0.2, 0.25) is 0 Å². The number of rotatable bonds is 6. The molecule has 22 heavy (non-hydrogen) atoms. The maximum atomic E-state index is 13.8. The van der Waals surface area contributed by atoms with Crippen LogP contribution in [0.15, 0.2) is 22.1 Å². The summed E-state index contributed by atoms with van der Waals surface area (Å²) in [4.78, 5) is 25.7. The zero-order valence-electron chi connectivity index (χ0n) is 12.2. The van der Waals surface area contributed by atoms with Crippen LogP contribution in [0.5, 0.6) is 0 Å². The Morgan fingerprint density at radius 3 is 2.55 bits per heavy atom. The van der Waals surface area contributed by atoms with Gasteiger partial charge in [0.1, 0.15) is 11.6 Å². The van der Waals surface area contributed by atoms with Gasteiger partial charge in [-0.15, -0.1) is 0 Å². The maximum Gasteiger partial charge on any atom is 0.252 e. The van der Waals surface area contributed by atoms with Crippen molar-refractivity contribution < 1.29 is 18.4 Å². The Morgan fingerprint density at radius 1 is 1.32 bits per heavy atom. The Labute approximate surface area is 130 Å². The summed E-state index contributed by atoms with van der Waals surface area (Å²) in [6.45, 7) is 3.80. The van der Waals surface area contributed by atoms with Crippen LogP contribution in [0.1, 0.15) is 43.5 Å². The highest BCUT2D eigenvalue weighted by atomic mass is 32.2. The number of amides is 1. The molecule has 8 heteroatoms. The molecule has 0 fully saturated rings. The van der Waals surface area contributed by atoms with Crippen LogP contribution in [-0.4, -0.2) is 11.0 Å². The Balaban J connectivity index is 3.09. The molecule has 1 unspecified atom stereocenters. The van der Waals surface area contributed by atoms with Gasteiger partial charge >= 0.3 is 0 Å². The first kappa shape index (κ1) is 18.1. The van der Waals surface area contributed by atoms with E-state index in [1.54, 1.807) is 0 Å². The monoisotopic (exact) mass is 327 g/mol. The second-order valence-electron chi connectivity index (χ2n) is 4.57. The van der Waals surface area contributed by atoms with Crippen LogP contribution >= 0.6 is 11.8 Å². The third kappa shape index (κ3) is 4.54. The normalized spacial score (nSPS) is 11.6. The summed E-state index contributed by atoms with van der Waals surface area (Å²) < 4.78 is 27.3. The summed E-state index contributed by atoms with van der Waals surface area (Å²) in [7, 11) is 0. The van der Waals surface area contributed by atoms with Crippen molar-refractivity contribution in [3.05, 3.63) is 39.8 Å². The van der Waals surface area contributed by atoms with Crippen molar-refractivity contribution in [1.29, 1.82) is 0 Å². The van der Waals surface area contributed by atoms with Crippen LogP contribution in [0, 0.1) is 17.6 Å². The van der Waals surface area contributed by atoms with E-state index in [2.05, 4.69) is 10.0 Å². The van der Waals surface area contributed by atoms with Crippen molar-refractivity contribution in [1.82, 2.24) is 0 Å². The molecule has 0 heterocycles. The largest absolute Gasteiger partial charge is 0.287 e. The van der Waals surface area contributed by atoms with Gasteiger partial charge in [0.25, 0.3) is 5.91 Å². The molecule has 0 saturated heterocycles. The van der Waals surface area contributed by atoms with Gasteiger partial charge in [0, 0.05) is 16.9 Å². The molecule has 0 spiro atoms. The van der Waals surface area contributed by atoms with E-state index >= 15 is 0 Å². The molecule has 0 aliphatic carbocycles. The zero-order valence-corrected chi connectivity index (χ0v) is 13.0. The van der Waals surface area contributed by atoms with Crippen LogP contribution in [0.25, 0.3) is 10.4 Å². The summed E-state index contributed by atoms with van der Waals surface area (Å²) in [5, 5.41) is 2.53. The summed E-state index contributed by atoms with van der Waals surface area (Å²) in [5.41, 5.74) is 7.65. The first-order chi connectivity index (χ1) is 10.4. The quantitative estimate of drug-likeness (QED) is 0.324. The average molecular weight is 327 g/mol. The minimum Gasteiger partial charge on any atom is -0.287 e. The van der Waals surface area contributed by atoms with E-state index in [4.69, 9.17) is 5.53 Å². The average Bonchev–Trinajstić information content (AvgIpc) is 2.47. The number of azide groups is 1. The number of nitrogens with zero attached hydrogens (tertiary/aromatic N) is 3. The van der Waals surface area contributed by atoms with Gasteiger partial charge in [0.05, 0.1) is 10.5 Å². The van der Waals surface area contributed by atoms with E-state index in [0.717, 1.165) is 12.5 Å². The van der Waals surface area contributed by atoms with Gasteiger partial charge in [0.15, 0.2) is 5.12 Å². The summed E-state index contributed by atoms with van der Waals surface area (Å²) in [6, 6.07) is 1.42. The van der Waals surface area contributed by atoms with E-state index in [-0.39, 0.29) is 15.9 Å². The van der Waals surface area contributed by atoms with Crippen molar-refractivity contribution >= 4 is 22.8 Å². The third-order valence-corrected chi connectivity index (χ3v) is 4.13. The Kier molecular flexibility index (Phi) is 7.01. The number of thioether (sulfide) groups is 1. The molecule has 1 amide bonds. The molecule has 1 atom stereocenters. The molecule has 0 aliphatic heterocycles. The molecule has 118 valence electrons. The molecule has 0 aliphatic rings. The molecular formula is C14H15F2N3O2S. The fourth-order valence-electron chi connectivity index (χ4n) is 1.89. The van der Waals surface area contributed by atoms with E-state index < -0.39 is 23.1 Å². The standard InChI is InChI=1S/C14H15F2N3O2S/c1-3-5-8(4-2)14(21)22-12-6-9(13(20)18-19-17)10(15)7-11(12)16/h6-8H,3-5H2,1-2H3. The number of carbonyl (C=O) groups is 2. The van der Waals surface area contributed by atoms with Crippen LogP contribution < -0.4 is 0 Å². The lowest BCUT2D eigenvalue weighted by atomic mass is 10.0. The lowest BCUT2D eigenvalue weighted by Crippen LogP contribution is -2.10. The molecular weight excluding hydrogens is 312 g/mol. The van der Waals surface area contributed by atoms with Crippen molar-refractivity contribution in [2.24, 2.45) is 11.0 Å². The molecule has 0 saturated carbocycles. The van der Waals surface area contributed by atoms with Crippen LogP contribution in [0.4, 0.5) is 8.78 Å². The van der Waals surface area contributed by atoms with Crippen LogP contribution in [-0.2, 0) is 4.79 Å². The number of hydrogen-bond acceptors (Lipinski definition) is 3. The second kappa shape index (κ2) is 8.51. The molecule has 0 bridgehead atoms. The van der Waals surface area contributed by atoms with E-state index in [0.29, 0.717) is 30.7 Å². The van der Waals surface area contributed by atoms with Crippen molar-refractivity contribution in [3.8, 4) is 0 Å². The van der Waals surface area contributed by atoms with E-state index in [9.17, 15) is 18.4 Å². The van der Waals surface area contributed by atoms with Gasteiger partial charge in [-0.1, -0.05) is 20.3 Å². The molecule has 0 N–H and O–H groups in total. The highest BCUT2D eigenvalue weighted by molar-refractivity contribution is 8.13. The Bertz CT molecular complexity index is 631. The number of halogens is 2. The fourth-order valence-corrected chi connectivity index (χ4v) is 2.90. The Hall–Kier alpha value is -1.92. The van der Waals surface area contributed by atoms with Crippen molar-refractivity contribution in [2.75, 3.05) is 0 Å². The lowest BCUT2D eigenvalue weighted by molar-refractivity contribution is -0.114. The van der Waals surface area contributed by atoms with Gasteiger partial charge < -0.3 is 0 Å². The highest BCUT2D eigenvalue weighted by Gasteiger charge is 2.21. The zero-order chi connectivity index (χ0) is 16.7. The summed E-state index contributed by atoms with van der Waals surface area (Å²) in [6.07, 6.45) is 2.11. The van der Waals surface area contributed by atoms with Crippen molar-refractivity contribution in [2.45, 2.75) is 38.0 Å². The Morgan fingerprint density at radius 2 is 2.00 bits per heavy atom. The smallest absolute Gasteiger partial charge is 0.252 e. The molecule has 1 rings (SSSR count). The molecule has 0 radical (unpaired) electrons. The molecule has 1 aromatic rings. The first-order valence-corrected chi connectivity index (χ1v) is 7.56. The van der Waals surface area contributed by atoms with Gasteiger partial charge in [-0.25, -0.2) is 8.78 Å². The highest BCUT2D eigenvalue weighted by Crippen LogP contribution is 2.30. The minimum absolute atomic E-state index is 0.155. The predicted octanol–water partition coefficient (Wildman–Crippen LogP) is 4.86. The maximum absolute atomic E-state index is 13.8. The first-order valence-electron chi connectivity index (χ1n) is 6.74. The SMILES string of the molecule is CCCC(CC)C(=O)Sc1cc(C(=O)N=[N+]=[N-])c(F)cc1F. The fraction of sp³-hybridized carbons (Fsp3) is 0.429. The van der Waals surface area contributed by atoms with Crippen LogP contribution in [0.2, 0.25) is 0 Å². The van der Waals surface area contributed by atoms with Gasteiger partial charge in [-0.05, 0) is 41.3 Å². The van der Waals surface area contributed by atoms with Crippen molar-refractivity contribution in [3.63, 3.8) is 0 Å². The molecule has 1 aromatic carbocycles. The van der Waals surface area contributed by atoms with Crippen LogP contribution in [0.3, 0.4) is 0 Å². The third-order valence-electron chi connectivity index (χ3n) is 3.06. The number of carbonyl (C=O) groups excluding carboxylic acids is 2. The summed E-state index contributed by atoms with van der Waals surface area (Å²) in [5.74, 6) is -3.45. The lowest BCUT2D eigenvalue weighted by Gasteiger charge is -2.12. The van der Waals surface area contributed by atoms with Gasteiger partial charge in [-0.3, -0.25) is 9.59 Å². The topological polar surface area (TPSA) is 82.9 Å². The van der Waals surface area contributed by atoms with Gasteiger partial charge in [-0.2, -0.15) is 0 Å². The summed E-state index contributed by atoms with van der Waals surface area (Å²) >= 11 is 0.634. The molecule has 5 nitrogen and oxygen atoms in total. The second-order valence-corrected chi connectivity index (χ2v) is 5.62.